The number of hydrogen-bond acceptors (Lipinski definition) is 5. The van der Waals surface area contributed by atoms with Crippen LogP contribution in [0.5, 0.6) is 0 Å². The Morgan fingerprint density at radius 1 is 1.55 bits per heavy atom. The molecule has 1 aromatic heterocycles. The SMILES string of the molecule is CCOC(=O)/C=C/c1nc2c(Br)cc(Cl)cc2c(=O)o1. The largest absolute Gasteiger partial charge is 0.463 e. The van der Waals surface area contributed by atoms with Crippen LogP contribution >= 0.6 is 27.5 Å². The lowest BCUT2D eigenvalue weighted by Gasteiger charge is -2.01. The second-order valence-corrected chi connectivity index (χ2v) is 5.00. The summed E-state index contributed by atoms with van der Waals surface area (Å²) in [6.07, 6.45) is 2.42. The molecule has 0 bridgehead atoms. The highest BCUT2D eigenvalue weighted by atomic mass is 79.9. The smallest absolute Gasteiger partial charge is 0.347 e. The number of carbonyl (C=O) groups is 1. The van der Waals surface area contributed by atoms with Gasteiger partial charge in [-0.1, -0.05) is 11.6 Å². The van der Waals surface area contributed by atoms with Crippen LogP contribution in [-0.2, 0) is 9.53 Å². The Hall–Kier alpha value is -1.66. The average Bonchev–Trinajstić information content (AvgIpc) is 2.38. The maximum atomic E-state index is 11.8. The zero-order chi connectivity index (χ0) is 14.7. The summed E-state index contributed by atoms with van der Waals surface area (Å²) < 4.78 is 10.3. The van der Waals surface area contributed by atoms with Gasteiger partial charge in [0.2, 0.25) is 5.89 Å². The lowest BCUT2D eigenvalue weighted by molar-refractivity contribution is -0.137. The molecule has 5 nitrogen and oxygen atoms in total. The third-order valence-electron chi connectivity index (χ3n) is 2.32. The third kappa shape index (κ3) is 3.26. The topological polar surface area (TPSA) is 69.4 Å². The molecule has 0 spiro atoms. The monoisotopic (exact) mass is 357 g/mol. The van der Waals surface area contributed by atoms with E-state index in [1.54, 1.807) is 13.0 Å². The summed E-state index contributed by atoms with van der Waals surface area (Å²) in [5.41, 5.74) is -0.170. The van der Waals surface area contributed by atoms with E-state index in [9.17, 15) is 9.59 Å². The van der Waals surface area contributed by atoms with Crippen molar-refractivity contribution in [3.05, 3.63) is 44.0 Å². The first kappa shape index (κ1) is 14.7. The standard InChI is InChI=1S/C13H9BrClNO4/c1-2-19-11(17)4-3-10-16-12-8(13(18)20-10)5-7(15)6-9(12)14/h3-6H,2H2,1H3/b4-3+. The van der Waals surface area contributed by atoms with Crippen LogP contribution in [0.2, 0.25) is 5.02 Å². The molecule has 1 aromatic carbocycles. The molecule has 0 aliphatic heterocycles. The van der Waals surface area contributed by atoms with Gasteiger partial charge in [-0.3, -0.25) is 0 Å². The maximum Gasteiger partial charge on any atom is 0.347 e. The summed E-state index contributed by atoms with van der Waals surface area (Å²) in [5.74, 6) is -0.522. The molecule has 7 heteroatoms. The number of nitrogens with zero attached hydrogens (tertiary/aromatic N) is 1. The van der Waals surface area contributed by atoms with Crippen LogP contribution in [0.3, 0.4) is 0 Å². The van der Waals surface area contributed by atoms with Gasteiger partial charge in [-0.05, 0) is 35.0 Å². The van der Waals surface area contributed by atoms with Crippen LogP contribution < -0.4 is 5.63 Å². The summed E-state index contributed by atoms with van der Waals surface area (Å²) >= 11 is 9.14. The molecule has 0 N–H and O–H groups in total. The summed E-state index contributed by atoms with van der Waals surface area (Å²) in [7, 11) is 0. The first-order valence-corrected chi connectivity index (χ1v) is 6.83. The van der Waals surface area contributed by atoms with Gasteiger partial charge >= 0.3 is 11.6 Å². The van der Waals surface area contributed by atoms with E-state index in [0.717, 1.165) is 6.08 Å². The number of halogens is 2. The number of ether oxygens (including phenoxy) is 1. The molecule has 0 aliphatic carbocycles. The quantitative estimate of drug-likeness (QED) is 0.622. The van der Waals surface area contributed by atoms with Gasteiger partial charge in [-0.15, -0.1) is 0 Å². The predicted octanol–water partition coefficient (Wildman–Crippen LogP) is 3.18. The van der Waals surface area contributed by atoms with Crippen LogP contribution in [0.4, 0.5) is 0 Å². The number of benzene rings is 1. The lowest BCUT2D eigenvalue weighted by Crippen LogP contribution is -2.04. The molecule has 0 amide bonds. The molecular weight excluding hydrogens is 350 g/mol. The van der Waals surface area contributed by atoms with E-state index in [1.807, 2.05) is 0 Å². The lowest BCUT2D eigenvalue weighted by atomic mass is 10.2. The Morgan fingerprint density at radius 3 is 3.00 bits per heavy atom. The van der Waals surface area contributed by atoms with Crippen molar-refractivity contribution in [2.24, 2.45) is 0 Å². The summed E-state index contributed by atoms with van der Waals surface area (Å²) in [4.78, 5) is 27.2. The maximum absolute atomic E-state index is 11.8. The average molecular weight is 359 g/mol. The van der Waals surface area contributed by atoms with E-state index in [-0.39, 0.29) is 17.9 Å². The van der Waals surface area contributed by atoms with Gasteiger partial charge in [-0.25, -0.2) is 14.6 Å². The summed E-state index contributed by atoms with van der Waals surface area (Å²) in [6, 6.07) is 3.09. The molecule has 0 unspecified atom stereocenters. The Kier molecular flexibility index (Phi) is 4.57. The highest BCUT2D eigenvalue weighted by molar-refractivity contribution is 9.10. The molecular formula is C13H9BrClNO4. The van der Waals surface area contributed by atoms with Crippen molar-refractivity contribution in [1.29, 1.82) is 0 Å². The van der Waals surface area contributed by atoms with Crippen LogP contribution in [0, 0.1) is 0 Å². The molecule has 0 radical (unpaired) electrons. The molecule has 2 rings (SSSR count). The Balaban J connectivity index is 2.48. The molecule has 0 atom stereocenters. The van der Waals surface area contributed by atoms with E-state index in [0.29, 0.717) is 15.0 Å². The van der Waals surface area contributed by atoms with E-state index in [1.165, 1.54) is 12.1 Å². The highest BCUT2D eigenvalue weighted by Gasteiger charge is 2.09. The second kappa shape index (κ2) is 6.19. The van der Waals surface area contributed by atoms with Crippen molar-refractivity contribution in [1.82, 2.24) is 4.98 Å². The Morgan fingerprint density at radius 2 is 2.30 bits per heavy atom. The van der Waals surface area contributed by atoms with Gasteiger partial charge in [0.25, 0.3) is 0 Å². The zero-order valence-corrected chi connectivity index (χ0v) is 12.7. The van der Waals surface area contributed by atoms with Gasteiger partial charge in [0.1, 0.15) is 0 Å². The molecule has 0 aliphatic rings. The molecule has 2 aromatic rings. The predicted molar refractivity (Wildman–Crippen MR) is 78.7 cm³/mol. The third-order valence-corrected chi connectivity index (χ3v) is 3.14. The zero-order valence-electron chi connectivity index (χ0n) is 10.4. The van der Waals surface area contributed by atoms with Crippen molar-refractivity contribution in [3.8, 4) is 0 Å². The van der Waals surface area contributed by atoms with E-state index in [2.05, 4.69) is 20.9 Å². The number of rotatable bonds is 3. The molecule has 20 heavy (non-hydrogen) atoms. The van der Waals surface area contributed by atoms with Gasteiger partial charge in [0.15, 0.2) is 0 Å². The van der Waals surface area contributed by atoms with Crippen molar-refractivity contribution in [2.75, 3.05) is 6.61 Å². The van der Waals surface area contributed by atoms with Gasteiger partial charge in [0, 0.05) is 21.6 Å². The summed E-state index contributed by atoms with van der Waals surface area (Å²) in [5, 5.41) is 0.658. The number of carbonyl (C=O) groups excluding carboxylic acids is 1. The number of aromatic nitrogens is 1. The Bertz CT molecular complexity index is 754. The first-order chi connectivity index (χ1) is 9.51. The van der Waals surface area contributed by atoms with E-state index < -0.39 is 11.6 Å². The molecule has 0 saturated carbocycles. The van der Waals surface area contributed by atoms with Crippen LogP contribution in [0.25, 0.3) is 17.0 Å². The number of fused-ring (bicyclic) bond motifs is 1. The molecule has 104 valence electrons. The highest BCUT2D eigenvalue weighted by Crippen LogP contribution is 2.25. The van der Waals surface area contributed by atoms with Crippen molar-refractivity contribution >= 4 is 50.5 Å². The van der Waals surface area contributed by atoms with Crippen molar-refractivity contribution in [3.63, 3.8) is 0 Å². The minimum absolute atomic E-state index is 0.0126. The molecule has 1 heterocycles. The first-order valence-electron chi connectivity index (χ1n) is 5.66. The molecule has 0 saturated heterocycles. The fourth-order valence-corrected chi connectivity index (χ4v) is 2.42. The van der Waals surface area contributed by atoms with Crippen molar-refractivity contribution < 1.29 is 13.9 Å². The van der Waals surface area contributed by atoms with E-state index in [4.69, 9.17) is 20.8 Å². The molecule has 0 fully saturated rings. The minimum atomic E-state index is -0.582. The van der Waals surface area contributed by atoms with Gasteiger partial charge in [0.05, 0.1) is 17.5 Å². The van der Waals surface area contributed by atoms with Gasteiger partial charge < -0.3 is 9.15 Å². The van der Waals surface area contributed by atoms with Gasteiger partial charge in [-0.2, -0.15) is 0 Å². The fourth-order valence-electron chi connectivity index (χ4n) is 1.52. The number of esters is 1. The van der Waals surface area contributed by atoms with Crippen molar-refractivity contribution in [2.45, 2.75) is 6.92 Å². The summed E-state index contributed by atoms with van der Waals surface area (Å²) in [6.45, 7) is 1.96. The van der Waals surface area contributed by atoms with Crippen LogP contribution in [0.1, 0.15) is 12.8 Å². The fraction of sp³-hybridized carbons (Fsp3) is 0.154. The second-order valence-electron chi connectivity index (χ2n) is 3.71. The van der Waals surface area contributed by atoms with Crippen LogP contribution in [-0.4, -0.2) is 17.6 Å². The normalized spacial score (nSPS) is 11.2. The van der Waals surface area contributed by atoms with E-state index >= 15 is 0 Å². The Labute approximate surface area is 127 Å². The van der Waals surface area contributed by atoms with Crippen LogP contribution in [0.15, 0.2) is 31.9 Å². The minimum Gasteiger partial charge on any atom is -0.463 e. The number of hydrogen-bond donors (Lipinski definition) is 0.